The van der Waals surface area contributed by atoms with Crippen molar-refractivity contribution in [3.63, 3.8) is 0 Å². The smallest absolute Gasteiger partial charge is 0.321 e. The maximum Gasteiger partial charge on any atom is 0.321 e. The molecule has 0 spiro atoms. The summed E-state index contributed by atoms with van der Waals surface area (Å²) in [7, 11) is -2.74. The molecule has 1 aromatic carbocycles. The molecule has 0 saturated heterocycles. The topological polar surface area (TPSA) is 145 Å². The number of sulfonamides is 1. The monoisotopic (exact) mass is 491 g/mol. The number of anilines is 1. The first kappa shape index (κ1) is 21.9. The number of halogens is 1. The minimum atomic E-state index is -4.20. The highest BCUT2D eigenvalue weighted by Crippen LogP contribution is 2.27. The first-order valence-electron chi connectivity index (χ1n) is 7.54. The summed E-state index contributed by atoms with van der Waals surface area (Å²) in [4.78, 5) is 33.9. The summed E-state index contributed by atoms with van der Waals surface area (Å²) in [5, 5.41) is 13.6. The molecule has 0 fully saturated rings. The van der Waals surface area contributed by atoms with Gasteiger partial charge in [-0.15, -0.1) is 11.3 Å². The van der Waals surface area contributed by atoms with E-state index < -0.39 is 45.5 Å². The van der Waals surface area contributed by atoms with Crippen molar-refractivity contribution in [3.05, 3.63) is 49.1 Å². The minimum Gasteiger partial charge on any atom is -0.456 e. The predicted octanol–water partition coefficient (Wildman–Crippen LogP) is 2.16. The summed E-state index contributed by atoms with van der Waals surface area (Å²) in [6.45, 7) is -1.26. The molecule has 0 bridgehead atoms. The quantitative estimate of drug-likeness (QED) is 0.235. The van der Waals surface area contributed by atoms with E-state index in [0.29, 0.717) is 4.88 Å². The molecule has 0 aliphatic carbocycles. The fraction of sp³-hybridized carbons (Fsp3) is 0.200. The van der Waals surface area contributed by atoms with Gasteiger partial charge in [0.25, 0.3) is 5.69 Å². The molecule has 150 valence electrons. The number of hydrogen-bond acceptors (Lipinski definition) is 9. The first-order valence-corrected chi connectivity index (χ1v) is 10.6. The van der Waals surface area contributed by atoms with Gasteiger partial charge in [0.1, 0.15) is 12.2 Å². The Morgan fingerprint density at radius 3 is 2.57 bits per heavy atom. The number of nitrogens with one attached hydrogen (secondary N) is 2. The lowest BCUT2D eigenvalue weighted by Crippen LogP contribution is -2.31. The number of carbonyl (C=O) groups excluding carboxylic acids is 2. The lowest BCUT2D eigenvalue weighted by Gasteiger charge is -2.08. The van der Waals surface area contributed by atoms with Crippen LogP contribution in [-0.2, 0) is 19.6 Å². The van der Waals surface area contributed by atoms with E-state index >= 15 is 0 Å². The Labute approximate surface area is 172 Å². The molecule has 0 aliphatic rings. The average Bonchev–Trinajstić information content (AvgIpc) is 3.10. The predicted molar refractivity (Wildman–Crippen MR) is 105 cm³/mol. The van der Waals surface area contributed by atoms with Gasteiger partial charge in [-0.25, -0.2) is 8.42 Å². The number of carbonyl (C=O) groups is 2. The zero-order chi connectivity index (χ0) is 20.9. The van der Waals surface area contributed by atoms with E-state index in [-0.39, 0.29) is 10.6 Å². The molecule has 0 atom stereocenters. The van der Waals surface area contributed by atoms with Crippen molar-refractivity contribution in [2.75, 3.05) is 25.5 Å². The molecule has 10 nitrogen and oxygen atoms in total. The number of rotatable bonds is 9. The maximum atomic E-state index is 12.2. The molecule has 0 saturated carbocycles. The molecule has 0 aliphatic heterocycles. The van der Waals surface area contributed by atoms with Crippen molar-refractivity contribution in [1.82, 2.24) is 4.72 Å². The summed E-state index contributed by atoms with van der Waals surface area (Å²) in [5.41, 5.74) is -0.289. The number of nitrogens with zero attached hydrogens (tertiary/aromatic N) is 1. The van der Waals surface area contributed by atoms with Gasteiger partial charge >= 0.3 is 5.97 Å². The Kier molecular flexibility index (Phi) is 7.23. The van der Waals surface area contributed by atoms with Gasteiger partial charge in [-0.1, -0.05) is 0 Å². The van der Waals surface area contributed by atoms with Gasteiger partial charge in [0.2, 0.25) is 15.8 Å². The number of hydrogen-bond donors (Lipinski definition) is 2. The maximum absolute atomic E-state index is 12.2. The van der Waals surface area contributed by atoms with Crippen LogP contribution in [0.15, 0.2) is 39.0 Å². The number of benzene rings is 1. The molecule has 2 N–H and O–H groups in total. The van der Waals surface area contributed by atoms with Crippen LogP contribution < -0.4 is 10.0 Å². The molecular formula is C15H14BrN3O7S2. The molecule has 13 heteroatoms. The molecule has 0 unspecified atom stereocenters. The Balaban J connectivity index is 1.97. The van der Waals surface area contributed by atoms with E-state index in [1.807, 2.05) is 4.72 Å². The van der Waals surface area contributed by atoms with Gasteiger partial charge in [-0.2, -0.15) is 4.72 Å². The second-order valence-corrected chi connectivity index (χ2v) is 9.43. The van der Waals surface area contributed by atoms with Crippen LogP contribution in [0.2, 0.25) is 0 Å². The van der Waals surface area contributed by atoms with E-state index in [1.54, 1.807) is 12.1 Å². The number of esters is 1. The van der Waals surface area contributed by atoms with Crippen molar-refractivity contribution < 1.29 is 27.7 Å². The van der Waals surface area contributed by atoms with E-state index in [0.717, 1.165) is 15.9 Å². The highest BCUT2D eigenvalue weighted by atomic mass is 79.9. The minimum absolute atomic E-state index is 0.141. The van der Waals surface area contributed by atoms with Crippen LogP contribution >= 0.6 is 27.3 Å². The molecule has 1 aromatic heterocycles. The largest absolute Gasteiger partial charge is 0.456 e. The first-order chi connectivity index (χ1) is 13.1. The molecule has 1 heterocycles. The van der Waals surface area contributed by atoms with Crippen molar-refractivity contribution in [1.29, 1.82) is 0 Å². The second-order valence-electron chi connectivity index (χ2n) is 5.20. The summed E-state index contributed by atoms with van der Waals surface area (Å²) in [6, 6.07) is 6.51. The Morgan fingerprint density at radius 1 is 1.29 bits per heavy atom. The highest BCUT2D eigenvalue weighted by molar-refractivity contribution is 9.11. The normalized spacial score (nSPS) is 11.1. The second kappa shape index (κ2) is 9.23. The van der Waals surface area contributed by atoms with E-state index in [2.05, 4.69) is 21.2 Å². The highest BCUT2D eigenvalue weighted by Gasteiger charge is 2.22. The van der Waals surface area contributed by atoms with Crippen molar-refractivity contribution in [3.8, 4) is 0 Å². The molecule has 2 aromatic rings. The third kappa shape index (κ3) is 5.58. The van der Waals surface area contributed by atoms with Gasteiger partial charge < -0.3 is 10.1 Å². The summed E-state index contributed by atoms with van der Waals surface area (Å²) >= 11 is 4.38. The van der Waals surface area contributed by atoms with Crippen LogP contribution in [0.1, 0.15) is 9.67 Å². The average molecular weight is 492 g/mol. The Hall–Kier alpha value is -2.35. The van der Waals surface area contributed by atoms with Crippen LogP contribution in [0, 0.1) is 10.1 Å². The Morgan fingerprint density at radius 2 is 2.00 bits per heavy atom. The fourth-order valence-electron chi connectivity index (χ4n) is 2.01. The van der Waals surface area contributed by atoms with Crippen LogP contribution in [0.3, 0.4) is 0 Å². The number of ether oxygens (including phenoxy) is 1. The number of thiophene rings is 1. The summed E-state index contributed by atoms with van der Waals surface area (Å²) in [6.07, 6.45) is 0. The zero-order valence-electron chi connectivity index (χ0n) is 14.3. The Bertz CT molecular complexity index is 1020. The summed E-state index contributed by atoms with van der Waals surface area (Å²) < 4.78 is 32.0. The van der Waals surface area contributed by atoms with Crippen LogP contribution in [0.5, 0.6) is 0 Å². The lowest BCUT2D eigenvalue weighted by molar-refractivity contribution is -0.384. The van der Waals surface area contributed by atoms with Gasteiger partial charge in [0.15, 0.2) is 6.61 Å². The van der Waals surface area contributed by atoms with Gasteiger partial charge in [-0.3, -0.25) is 19.7 Å². The molecular weight excluding hydrogens is 478 g/mol. The van der Waals surface area contributed by atoms with Gasteiger partial charge in [0.05, 0.1) is 18.5 Å². The lowest BCUT2D eigenvalue weighted by atomic mass is 10.3. The van der Waals surface area contributed by atoms with Crippen molar-refractivity contribution >= 4 is 60.4 Å². The van der Waals surface area contributed by atoms with E-state index in [4.69, 9.17) is 4.74 Å². The SMILES string of the molecule is CNc1ccc(S(=O)(=O)NCC(=O)OCC(=O)c2ccc(Br)s2)cc1[N+](=O)[O-]. The number of ketones is 1. The molecule has 0 radical (unpaired) electrons. The van der Waals surface area contributed by atoms with Crippen molar-refractivity contribution in [2.45, 2.75) is 4.90 Å². The number of nitro groups is 1. The summed E-state index contributed by atoms with van der Waals surface area (Å²) in [5.74, 6) is -1.39. The molecule has 28 heavy (non-hydrogen) atoms. The standard InChI is InChI=1S/C15H14BrN3O7S2/c1-17-10-3-2-9(6-11(10)19(22)23)28(24,25)18-7-15(21)26-8-12(20)13-4-5-14(16)27-13/h2-6,17-18H,7-8H2,1H3. The van der Waals surface area contributed by atoms with Crippen LogP contribution in [-0.4, -0.2) is 45.3 Å². The molecule has 2 rings (SSSR count). The molecule has 0 amide bonds. The third-order valence-electron chi connectivity index (χ3n) is 3.36. The van der Waals surface area contributed by atoms with Gasteiger partial charge in [0, 0.05) is 13.1 Å². The van der Waals surface area contributed by atoms with E-state index in [1.165, 1.54) is 24.5 Å². The number of Topliss-reactive ketones (excluding diaryl/α,β-unsaturated/α-hetero) is 1. The van der Waals surface area contributed by atoms with Crippen molar-refractivity contribution in [2.24, 2.45) is 0 Å². The van der Waals surface area contributed by atoms with Crippen LogP contribution in [0.4, 0.5) is 11.4 Å². The number of nitro benzene ring substituents is 1. The van der Waals surface area contributed by atoms with Gasteiger partial charge in [-0.05, 0) is 40.2 Å². The zero-order valence-corrected chi connectivity index (χ0v) is 17.5. The fourth-order valence-corrected chi connectivity index (χ4v) is 4.31. The third-order valence-corrected chi connectivity index (χ3v) is 6.43. The van der Waals surface area contributed by atoms with Crippen LogP contribution in [0.25, 0.3) is 0 Å². The van der Waals surface area contributed by atoms with E-state index in [9.17, 15) is 28.1 Å².